The summed E-state index contributed by atoms with van der Waals surface area (Å²) in [6, 6.07) is 9.52. The minimum absolute atomic E-state index is 0.0301. The standard InChI is InChI=1S/C17H15ClN4OS/c18-11-5-3-10(4-6-11)14-8-13-15(24-14)16(21-9-20-13)22-12-2-1-7-19-17(12)23/h3-6,8-9,12H,1-2,7H2,(H,19,23)(H,20,21,22)/t12-/m0/s1. The van der Waals surface area contributed by atoms with Gasteiger partial charge in [0.05, 0.1) is 10.2 Å². The molecule has 1 saturated heterocycles. The fourth-order valence-corrected chi connectivity index (χ4v) is 3.98. The zero-order valence-corrected chi connectivity index (χ0v) is 14.3. The van der Waals surface area contributed by atoms with Crippen LogP contribution in [0.1, 0.15) is 12.8 Å². The molecule has 5 nitrogen and oxygen atoms in total. The molecule has 3 heterocycles. The van der Waals surface area contributed by atoms with Crippen molar-refractivity contribution in [3.05, 3.63) is 41.7 Å². The number of nitrogens with one attached hydrogen (secondary N) is 2. The van der Waals surface area contributed by atoms with E-state index in [2.05, 4.69) is 20.6 Å². The van der Waals surface area contributed by atoms with Crippen LogP contribution in [0.5, 0.6) is 0 Å². The number of aromatic nitrogens is 2. The topological polar surface area (TPSA) is 66.9 Å². The molecular formula is C17H15ClN4OS. The molecule has 1 atom stereocenters. The molecule has 2 N–H and O–H groups in total. The van der Waals surface area contributed by atoms with Gasteiger partial charge in [0, 0.05) is 16.4 Å². The summed E-state index contributed by atoms with van der Waals surface area (Å²) in [6.07, 6.45) is 3.31. The number of hydrogen-bond acceptors (Lipinski definition) is 5. The van der Waals surface area contributed by atoms with Gasteiger partial charge in [-0.2, -0.15) is 0 Å². The molecule has 1 aliphatic heterocycles. The molecule has 0 spiro atoms. The average Bonchev–Trinajstić information content (AvgIpc) is 3.03. The molecule has 0 radical (unpaired) electrons. The summed E-state index contributed by atoms with van der Waals surface area (Å²) in [7, 11) is 0. The van der Waals surface area contributed by atoms with Gasteiger partial charge in [0.1, 0.15) is 18.2 Å². The molecule has 2 aromatic heterocycles. The molecule has 1 aromatic carbocycles. The van der Waals surface area contributed by atoms with Crippen molar-refractivity contribution >= 4 is 44.9 Å². The van der Waals surface area contributed by atoms with Crippen molar-refractivity contribution in [1.82, 2.24) is 15.3 Å². The van der Waals surface area contributed by atoms with Gasteiger partial charge in [-0.25, -0.2) is 9.97 Å². The van der Waals surface area contributed by atoms with Crippen LogP contribution in [-0.2, 0) is 4.79 Å². The van der Waals surface area contributed by atoms with Crippen molar-refractivity contribution < 1.29 is 4.79 Å². The van der Waals surface area contributed by atoms with Gasteiger partial charge < -0.3 is 10.6 Å². The maximum absolute atomic E-state index is 12.0. The first-order valence-corrected chi connectivity index (χ1v) is 8.95. The normalized spacial score (nSPS) is 17.7. The van der Waals surface area contributed by atoms with E-state index >= 15 is 0 Å². The molecule has 4 rings (SSSR count). The number of halogens is 1. The molecule has 122 valence electrons. The zero-order chi connectivity index (χ0) is 16.5. The average molecular weight is 359 g/mol. The second-order valence-corrected chi connectivity index (χ2v) is 7.17. The first kappa shape index (κ1) is 15.4. The van der Waals surface area contributed by atoms with Crippen molar-refractivity contribution in [3.8, 4) is 10.4 Å². The molecule has 3 aromatic rings. The molecule has 24 heavy (non-hydrogen) atoms. The van der Waals surface area contributed by atoms with E-state index in [1.54, 1.807) is 11.3 Å². The third-order valence-electron chi connectivity index (χ3n) is 4.04. The van der Waals surface area contributed by atoms with E-state index in [1.165, 1.54) is 6.33 Å². The van der Waals surface area contributed by atoms with Gasteiger partial charge in [-0.15, -0.1) is 11.3 Å². The number of benzene rings is 1. The fraction of sp³-hybridized carbons (Fsp3) is 0.235. The number of rotatable bonds is 3. The van der Waals surface area contributed by atoms with Crippen LogP contribution < -0.4 is 10.6 Å². The maximum atomic E-state index is 12.0. The van der Waals surface area contributed by atoms with Crippen molar-refractivity contribution in [3.63, 3.8) is 0 Å². The van der Waals surface area contributed by atoms with Crippen molar-refractivity contribution in [1.29, 1.82) is 0 Å². The Kier molecular flexibility index (Phi) is 4.08. The first-order chi connectivity index (χ1) is 11.7. The lowest BCUT2D eigenvalue weighted by atomic mass is 10.1. The van der Waals surface area contributed by atoms with E-state index in [0.29, 0.717) is 10.8 Å². The molecule has 0 aliphatic carbocycles. The lowest BCUT2D eigenvalue weighted by Crippen LogP contribution is -2.44. The van der Waals surface area contributed by atoms with E-state index in [1.807, 2.05) is 30.3 Å². The van der Waals surface area contributed by atoms with Gasteiger partial charge in [-0.05, 0) is 36.6 Å². The highest BCUT2D eigenvalue weighted by Gasteiger charge is 2.23. The molecule has 0 saturated carbocycles. The maximum Gasteiger partial charge on any atom is 0.242 e. The highest BCUT2D eigenvalue weighted by atomic mass is 35.5. The summed E-state index contributed by atoms with van der Waals surface area (Å²) in [4.78, 5) is 21.8. The van der Waals surface area contributed by atoms with Crippen LogP contribution in [0.2, 0.25) is 5.02 Å². The SMILES string of the molecule is O=C1NCCC[C@@H]1Nc1ncnc2cc(-c3ccc(Cl)cc3)sc12. The summed E-state index contributed by atoms with van der Waals surface area (Å²) >= 11 is 7.57. The van der Waals surface area contributed by atoms with Gasteiger partial charge in [0.25, 0.3) is 0 Å². The number of carbonyl (C=O) groups excluding carboxylic acids is 1. The lowest BCUT2D eigenvalue weighted by Gasteiger charge is -2.23. The predicted octanol–water partition coefficient (Wildman–Crippen LogP) is 3.70. The second-order valence-electron chi connectivity index (χ2n) is 5.68. The number of fused-ring (bicyclic) bond motifs is 1. The molecule has 1 amide bonds. The third kappa shape index (κ3) is 2.95. The van der Waals surface area contributed by atoms with Crippen molar-refractivity contribution in [2.75, 3.05) is 11.9 Å². The number of piperidine rings is 1. The molecule has 1 aliphatic rings. The van der Waals surface area contributed by atoms with E-state index in [0.717, 1.165) is 40.0 Å². The predicted molar refractivity (Wildman–Crippen MR) is 97.5 cm³/mol. The Labute approximate surface area is 148 Å². The van der Waals surface area contributed by atoms with Gasteiger partial charge in [0.15, 0.2) is 0 Å². The monoisotopic (exact) mass is 358 g/mol. The van der Waals surface area contributed by atoms with Crippen molar-refractivity contribution in [2.45, 2.75) is 18.9 Å². The molecular weight excluding hydrogens is 344 g/mol. The van der Waals surface area contributed by atoms with Crippen molar-refractivity contribution in [2.24, 2.45) is 0 Å². The van der Waals surface area contributed by atoms with E-state index in [9.17, 15) is 4.79 Å². The second kappa shape index (κ2) is 6.37. The Morgan fingerprint density at radius 2 is 2.08 bits per heavy atom. The molecule has 0 unspecified atom stereocenters. The highest BCUT2D eigenvalue weighted by Crippen LogP contribution is 2.36. The number of carbonyl (C=O) groups is 1. The minimum Gasteiger partial charge on any atom is -0.357 e. The largest absolute Gasteiger partial charge is 0.357 e. The van der Waals surface area contributed by atoms with Crippen LogP contribution in [0.3, 0.4) is 0 Å². The van der Waals surface area contributed by atoms with Crippen LogP contribution in [0.4, 0.5) is 5.82 Å². The number of thiophene rings is 1. The number of hydrogen-bond donors (Lipinski definition) is 2. The van der Waals surface area contributed by atoms with Gasteiger partial charge >= 0.3 is 0 Å². The van der Waals surface area contributed by atoms with Crippen LogP contribution in [0.15, 0.2) is 36.7 Å². The van der Waals surface area contributed by atoms with Crippen LogP contribution >= 0.6 is 22.9 Å². The Morgan fingerprint density at radius 3 is 2.88 bits per heavy atom. The zero-order valence-electron chi connectivity index (χ0n) is 12.8. The van der Waals surface area contributed by atoms with Gasteiger partial charge in [0.2, 0.25) is 5.91 Å². The quantitative estimate of drug-likeness (QED) is 0.749. The van der Waals surface area contributed by atoms with E-state index in [4.69, 9.17) is 11.6 Å². The van der Waals surface area contributed by atoms with Crippen LogP contribution in [0, 0.1) is 0 Å². The third-order valence-corrected chi connectivity index (χ3v) is 5.47. The van der Waals surface area contributed by atoms with Gasteiger partial charge in [-0.3, -0.25) is 4.79 Å². The smallest absolute Gasteiger partial charge is 0.242 e. The highest BCUT2D eigenvalue weighted by molar-refractivity contribution is 7.22. The van der Waals surface area contributed by atoms with Crippen LogP contribution in [-0.4, -0.2) is 28.5 Å². The van der Waals surface area contributed by atoms with Crippen LogP contribution in [0.25, 0.3) is 20.7 Å². The summed E-state index contributed by atoms with van der Waals surface area (Å²) < 4.78 is 0.959. The number of anilines is 1. The van der Waals surface area contributed by atoms with Gasteiger partial charge in [-0.1, -0.05) is 23.7 Å². The minimum atomic E-state index is -0.238. The Morgan fingerprint density at radius 1 is 1.25 bits per heavy atom. The Bertz CT molecular complexity index is 893. The Balaban J connectivity index is 1.69. The molecule has 1 fully saturated rings. The summed E-state index contributed by atoms with van der Waals surface area (Å²) in [5, 5.41) is 6.87. The summed E-state index contributed by atoms with van der Waals surface area (Å²) in [6.45, 7) is 0.746. The Hall–Kier alpha value is -2.18. The first-order valence-electron chi connectivity index (χ1n) is 7.75. The molecule has 7 heteroatoms. The lowest BCUT2D eigenvalue weighted by molar-refractivity contribution is -0.123. The van der Waals surface area contributed by atoms with E-state index in [-0.39, 0.29) is 11.9 Å². The fourth-order valence-electron chi connectivity index (χ4n) is 2.79. The number of amides is 1. The summed E-state index contributed by atoms with van der Waals surface area (Å²) in [5.41, 5.74) is 1.96. The summed E-state index contributed by atoms with van der Waals surface area (Å²) in [5.74, 6) is 0.745. The number of nitrogens with zero attached hydrogens (tertiary/aromatic N) is 2. The molecule has 0 bridgehead atoms. The van der Waals surface area contributed by atoms with E-state index < -0.39 is 0 Å².